The average Bonchev–Trinajstić information content (AvgIpc) is 3.37. The van der Waals surface area contributed by atoms with Crippen molar-refractivity contribution in [1.82, 2.24) is 14.5 Å². The van der Waals surface area contributed by atoms with E-state index >= 15 is 0 Å². The molecule has 9 nitrogen and oxygen atoms in total. The molecule has 0 spiro atoms. The number of amides is 1. The van der Waals surface area contributed by atoms with E-state index in [1.54, 1.807) is 31.4 Å². The third-order valence-electron chi connectivity index (χ3n) is 5.81. The molecule has 0 atom stereocenters. The van der Waals surface area contributed by atoms with Crippen molar-refractivity contribution in [2.75, 3.05) is 19.0 Å². The van der Waals surface area contributed by atoms with Crippen molar-refractivity contribution in [3.05, 3.63) is 89.5 Å². The molecule has 4 aromatic rings. The highest BCUT2D eigenvalue weighted by atomic mass is 32.2. The number of rotatable bonds is 6. The first-order valence-electron chi connectivity index (χ1n) is 10.9. The first-order chi connectivity index (χ1) is 16.9. The van der Waals surface area contributed by atoms with Gasteiger partial charge < -0.3 is 9.15 Å². The van der Waals surface area contributed by atoms with Gasteiger partial charge in [-0.25, -0.2) is 8.42 Å². The predicted octanol–water partition coefficient (Wildman–Crippen LogP) is 3.74. The lowest BCUT2D eigenvalue weighted by Gasteiger charge is -2.28. The molecule has 0 radical (unpaired) electrons. The van der Waals surface area contributed by atoms with Gasteiger partial charge in [-0.3, -0.25) is 10.1 Å². The zero-order valence-electron chi connectivity index (χ0n) is 18.8. The molecule has 3 aromatic carbocycles. The van der Waals surface area contributed by atoms with E-state index in [0.717, 1.165) is 5.56 Å². The monoisotopic (exact) mass is 490 g/mol. The summed E-state index contributed by atoms with van der Waals surface area (Å²) < 4.78 is 38.5. The standard InChI is InChI=1S/C25H22N4O5S/c1-33-21-8-4-7-19(15-21)24-27-28-25(34-24)26-23(30)18-9-11-22(12-10-18)35(31,32)29-14-13-17-5-2-3-6-20(17)16-29/h2-12,15H,13-14,16H2,1H3,(H,26,28,30). The first kappa shape index (κ1) is 22.8. The SMILES string of the molecule is COc1cccc(-c2nnc(NC(=O)c3ccc(S(=O)(=O)N4CCc5ccccc5C4)cc3)o2)c1. The Kier molecular flexibility index (Phi) is 6.06. The summed E-state index contributed by atoms with van der Waals surface area (Å²) in [7, 11) is -2.13. The van der Waals surface area contributed by atoms with Crippen LogP contribution in [0.1, 0.15) is 21.5 Å². The lowest BCUT2D eigenvalue weighted by molar-refractivity contribution is 0.102. The molecule has 1 amide bonds. The lowest BCUT2D eigenvalue weighted by Crippen LogP contribution is -2.35. The summed E-state index contributed by atoms with van der Waals surface area (Å²) in [5, 5.41) is 10.3. The fourth-order valence-corrected chi connectivity index (χ4v) is 5.34. The summed E-state index contributed by atoms with van der Waals surface area (Å²) in [4.78, 5) is 12.8. The van der Waals surface area contributed by atoms with Gasteiger partial charge in [0.25, 0.3) is 5.91 Å². The molecule has 0 fully saturated rings. The van der Waals surface area contributed by atoms with E-state index in [1.807, 2.05) is 24.3 Å². The van der Waals surface area contributed by atoms with Crippen LogP contribution >= 0.6 is 0 Å². The Morgan fingerprint density at radius 1 is 1.00 bits per heavy atom. The van der Waals surface area contributed by atoms with Crippen LogP contribution in [0.15, 0.2) is 82.1 Å². The predicted molar refractivity (Wildman–Crippen MR) is 128 cm³/mol. The highest BCUT2D eigenvalue weighted by molar-refractivity contribution is 7.89. The topological polar surface area (TPSA) is 115 Å². The van der Waals surface area contributed by atoms with Crippen LogP contribution in [0.2, 0.25) is 0 Å². The Balaban J connectivity index is 1.27. The van der Waals surface area contributed by atoms with Crippen LogP contribution in [0.5, 0.6) is 5.75 Å². The Hall–Kier alpha value is -4.02. The van der Waals surface area contributed by atoms with E-state index in [-0.39, 0.29) is 22.4 Å². The van der Waals surface area contributed by atoms with Crippen molar-refractivity contribution >= 4 is 21.9 Å². The van der Waals surface area contributed by atoms with Crippen molar-refractivity contribution in [1.29, 1.82) is 0 Å². The maximum Gasteiger partial charge on any atom is 0.322 e. The van der Waals surface area contributed by atoms with E-state index in [4.69, 9.17) is 9.15 Å². The minimum absolute atomic E-state index is 0.0727. The summed E-state index contributed by atoms with van der Waals surface area (Å²) in [5.41, 5.74) is 3.08. The summed E-state index contributed by atoms with van der Waals surface area (Å²) in [6.45, 7) is 0.738. The van der Waals surface area contributed by atoms with E-state index in [9.17, 15) is 13.2 Å². The first-order valence-corrected chi connectivity index (χ1v) is 12.3. The number of hydrogen-bond donors (Lipinski definition) is 1. The highest BCUT2D eigenvalue weighted by Gasteiger charge is 2.28. The van der Waals surface area contributed by atoms with Crippen LogP contribution in [0, 0.1) is 0 Å². The molecule has 5 rings (SSSR count). The van der Waals surface area contributed by atoms with Crippen molar-refractivity contribution < 1.29 is 22.4 Å². The number of nitrogens with one attached hydrogen (secondary N) is 1. The molecule has 0 saturated heterocycles. The van der Waals surface area contributed by atoms with E-state index in [0.29, 0.717) is 30.8 Å². The molecule has 178 valence electrons. The van der Waals surface area contributed by atoms with Crippen molar-refractivity contribution in [3.8, 4) is 17.2 Å². The quantitative estimate of drug-likeness (QED) is 0.438. The Bertz CT molecular complexity index is 1480. The van der Waals surface area contributed by atoms with Gasteiger partial charge >= 0.3 is 6.01 Å². The molecule has 1 N–H and O–H groups in total. The molecule has 1 aromatic heterocycles. The molecule has 10 heteroatoms. The molecule has 0 saturated carbocycles. The van der Waals surface area contributed by atoms with Crippen LogP contribution in [0.25, 0.3) is 11.5 Å². The lowest BCUT2D eigenvalue weighted by atomic mass is 10.0. The van der Waals surface area contributed by atoms with Crippen LogP contribution in [-0.2, 0) is 23.0 Å². The van der Waals surface area contributed by atoms with Gasteiger partial charge in [-0.1, -0.05) is 35.4 Å². The van der Waals surface area contributed by atoms with Crippen molar-refractivity contribution in [2.45, 2.75) is 17.9 Å². The van der Waals surface area contributed by atoms with E-state index in [2.05, 4.69) is 15.5 Å². The molecular weight excluding hydrogens is 468 g/mol. The molecule has 0 bridgehead atoms. The molecular formula is C25H22N4O5S. The minimum Gasteiger partial charge on any atom is -0.497 e. The second-order valence-electron chi connectivity index (χ2n) is 7.98. The van der Waals surface area contributed by atoms with Gasteiger partial charge in [-0.15, -0.1) is 5.10 Å². The highest BCUT2D eigenvalue weighted by Crippen LogP contribution is 2.26. The van der Waals surface area contributed by atoms with Gasteiger partial charge in [0.05, 0.1) is 12.0 Å². The Morgan fingerprint density at radius 3 is 2.54 bits per heavy atom. The molecule has 1 aliphatic rings. The smallest absolute Gasteiger partial charge is 0.322 e. The number of anilines is 1. The number of fused-ring (bicyclic) bond motifs is 1. The average molecular weight is 491 g/mol. The van der Waals surface area contributed by atoms with Gasteiger partial charge in [0, 0.05) is 24.2 Å². The number of sulfonamides is 1. The number of methoxy groups -OCH3 is 1. The minimum atomic E-state index is -3.69. The van der Waals surface area contributed by atoms with E-state index < -0.39 is 15.9 Å². The van der Waals surface area contributed by atoms with Gasteiger partial charge in [0.2, 0.25) is 15.9 Å². The number of benzene rings is 3. The maximum atomic E-state index is 13.1. The summed E-state index contributed by atoms with van der Waals surface area (Å²) in [5.74, 6) is 0.362. The number of carbonyl (C=O) groups is 1. The number of nitrogens with zero attached hydrogens (tertiary/aromatic N) is 3. The van der Waals surface area contributed by atoms with Gasteiger partial charge in [0.15, 0.2) is 0 Å². The van der Waals surface area contributed by atoms with Crippen LogP contribution in [0.4, 0.5) is 6.01 Å². The molecule has 0 unspecified atom stereocenters. The summed E-state index contributed by atoms with van der Waals surface area (Å²) >= 11 is 0. The molecule has 0 aliphatic carbocycles. The maximum absolute atomic E-state index is 13.1. The van der Waals surface area contributed by atoms with Gasteiger partial charge in [-0.05, 0) is 60.0 Å². The normalized spacial score (nSPS) is 13.7. The van der Waals surface area contributed by atoms with Gasteiger partial charge in [-0.2, -0.15) is 4.31 Å². The number of aromatic nitrogens is 2. The van der Waals surface area contributed by atoms with Crippen molar-refractivity contribution in [2.24, 2.45) is 0 Å². The van der Waals surface area contributed by atoms with Crippen molar-refractivity contribution in [3.63, 3.8) is 0 Å². The number of hydrogen-bond acceptors (Lipinski definition) is 7. The third-order valence-corrected chi connectivity index (χ3v) is 7.67. The second kappa shape index (κ2) is 9.32. The Morgan fingerprint density at radius 2 is 1.77 bits per heavy atom. The van der Waals surface area contributed by atoms with E-state index in [1.165, 1.54) is 34.1 Å². The third kappa shape index (κ3) is 4.66. The summed E-state index contributed by atoms with van der Waals surface area (Å²) in [6.07, 6.45) is 0.665. The largest absolute Gasteiger partial charge is 0.497 e. The second-order valence-corrected chi connectivity index (χ2v) is 9.92. The van der Waals surface area contributed by atoms with Crippen LogP contribution in [0.3, 0.4) is 0 Å². The fraction of sp³-hybridized carbons (Fsp3) is 0.160. The summed E-state index contributed by atoms with van der Waals surface area (Å²) in [6, 6.07) is 20.6. The number of ether oxygens (including phenoxy) is 1. The fourth-order valence-electron chi connectivity index (χ4n) is 3.92. The molecule has 1 aliphatic heterocycles. The zero-order chi connectivity index (χ0) is 24.4. The van der Waals surface area contributed by atoms with Crippen LogP contribution in [-0.4, -0.2) is 42.5 Å². The zero-order valence-corrected chi connectivity index (χ0v) is 19.7. The van der Waals surface area contributed by atoms with Gasteiger partial charge in [0.1, 0.15) is 5.75 Å². The molecule has 2 heterocycles. The number of carbonyl (C=O) groups excluding carboxylic acids is 1. The molecule has 35 heavy (non-hydrogen) atoms. The Labute approximate surface area is 202 Å². The van der Waals surface area contributed by atoms with Crippen LogP contribution < -0.4 is 10.1 Å².